The third-order valence-electron chi connectivity index (χ3n) is 1.77. The van der Waals surface area contributed by atoms with Gasteiger partial charge in [-0.3, -0.25) is 0 Å². The highest BCUT2D eigenvalue weighted by molar-refractivity contribution is 5.49. The van der Waals surface area contributed by atoms with Crippen molar-refractivity contribution in [1.29, 1.82) is 0 Å². The minimum atomic E-state index is 1.20. The Morgan fingerprint density at radius 2 is 1.69 bits per heavy atom. The van der Waals surface area contributed by atoms with Crippen molar-refractivity contribution in [3.05, 3.63) is 41.5 Å². The van der Waals surface area contributed by atoms with Crippen LogP contribution in [0.2, 0.25) is 0 Å². The molecule has 72 valence electrons. The predicted octanol–water partition coefficient (Wildman–Crippen LogP) is 3.21. The van der Waals surface area contributed by atoms with Gasteiger partial charge in [0.1, 0.15) is 0 Å². The van der Waals surface area contributed by atoms with Gasteiger partial charge in [0.25, 0.3) is 0 Å². The van der Waals surface area contributed by atoms with Gasteiger partial charge in [-0.25, -0.2) is 0 Å². The van der Waals surface area contributed by atoms with Crippen molar-refractivity contribution in [1.82, 2.24) is 0 Å². The number of aryl methyl sites for hydroxylation is 2. The molecule has 0 bridgehead atoms. The lowest BCUT2D eigenvalue weighted by Gasteiger charge is -1.99. The average molecular weight is 178 g/mol. The highest BCUT2D eigenvalue weighted by Crippen LogP contribution is 2.09. The quantitative estimate of drug-likeness (QED) is 0.641. The minimum Gasteiger partial charge on any atom is -0.388 e. The summed E-state index contributed by atoms with van der Waals surface area (Å²) < 4.78 is 4.25. The molecule has 0 aromatic heterocycles. The number of hydrogen-bond donors (Lipinski definition) is 0. The second kappa shape index (κ2) is 6.44. The Labute approximate surface area is 81.1 Å². The smallest absolute Gasteiger partial charge is 0.0351 e. The number of rotatable bonds is 1. The van der Waals surface area contributed by atoms with Crippen molar-refractivity contribution >= 4 is 6.08 Å². The molecule has 1 nitrogen and oxygen atoms in total. The van der Waals surface area contributed by atoms with Crippen LogP contribution in [0.3, 0.4) is 0 Å². The van der Waals surface area contributed by atoms with Gasteiger partial charge in [0.2, 0.25) is 0 Å². The summed E-state index contributed by atoms with van der Waals surface area (Å²) in [7, 11) is 3.25. The van der Waals surface area contributed by atoms with E-state index in [0.717, 1.165) is 0 Å². The van der Waals surface area contributed by atoms with E-state index in [-0.39, 0.29) is 0 Å². The number of ether oxygens (including phenoxy) is 1. The Morgan fingerprint density at radius 3 is 2.08 bits per heavy atom. The van der Waals surface area contributed by atoms with Crippen molar-refractivity contribution in [3.63, 3.8) is 0 Å². The van der Waals surface area contributed by atoms with Crippen molar-refractivity contribution in [3.8, 4) is 0 Å². The van der Waals surface area contributed by atoms with E-state index in [0.29, 0.717) is 0 Å². The first-order valence-corrected chi connectivity index (χ1v) is 4.25. The van der Waals surface area contributed by atoms with Crippen LogP contribution < -0.4 is 0 Å². The lowest BCUT2D eigenvalue weighted by molar-refractivity contribution is 0.277. The molecule has 0 aliphatic rings. The van der Waals surface area contributed by atoms with E-state index >= 15 is 0 Å². The van der Waals surface area contributed by atoms with E-state index in [2.05, 4.69) is 43.4 Å². The van der Waals surface area contributed by atoms with E-state index in [4.69, 9.17) is 0 Å². The van der Waals surface area contributed by atoms with Gasteiger partial charge in [-0.15, -0.1) is 0 Å². The Kier molecular flexibility index (Phi) is 5.90. The molecular weight excluding hydrogens is 160 g/mol. The van der Waals surface area contributed by atoms with Gasteiger partial charge >= 0.3 is 0 Å². The first-order valence-electron chi connectivity index (χ1n) is 4.25. The molecule has 1 rings (SSSR count). The van der Waals surface area contributed by atoms with Gasteiger partial charge in [0.15, 0.2) is 0 Å². The van der Waals surface area contributed by atoms with Crippen LogP contribution >= 0.6 is 0 Å². The molecule has 1 aromatic rings. The van der Waals surface area contributed by atoms with Crippen LogP contribution in [0.1, 0.15) is 16.7 Å². The SMILES string of the molecule is C=Cc1ccc(C)c(C)c1.COC. The molecule has 0 unspecified atom stereocenters. The third-order valence-corrected chi connectivity index (χ3v) is 1.77. The van der Waals surface area contributed by atoms with Crippen LogP contribution in [0, 0.1) is 13.8 Å². The predicted molar refractivity (Wildman–Crippen MR) is 58.9 cm³/mol. The summed E-state index contributed by atoms with van der Waals surface area (Å²) in [6.07, 6.45) is 1.87. The Balaban J connectivity index is 0.000000424. The molecule has 0 radical (unpaired) electrons. The standard InChI is InChI=1S/C10H12.C2H6O/c1-4-10-6-5-8(2)9(3)7-10;1-3-2/h4-7H,1H2,2-3H3;1-2H3. The molecule has 0 spiro atoms. The molecule has 0 atom stereocenters. The fourth-order valence-corrected chi connectivity index (χ4v) is 0.892. The monoisotopic (exact) mass is 178 g/mol. The lowest BCUT2D eigenvalue weighted by atomic mass is 10.1. The van der Waals surface area contributed by atoms with Crippen LogP contribution in [0.15, 0.2) is 24.8 Å². The maximum atomic E-state index is 4.25. The zero-order valence-corrected chi connectivity index (χ0v) is 8.92. The topological polar surface area (TPSA) is 9.23 Å². The summed E-state index contributed by atoms with van der Waals surface area (Å²) in [6.45, 7) is 7.93. The molecular formula is C12H18O. The molecule has 0 saturated carbocycles. The first kappa shape index (κ1) is 11.9. The average Bonchev–Trinajstić information content (AvgIpc) is 2.11. The zero-order valence-electron chi connectivity index (χ0n) is 8.92. The minimum absolute atomic E-state index is 1.20. The molecule has 0 amide bonds. The highest BCUT2D eigenvalue weighted by Gasteiger charge is 1.90. The maximum absolute atomic E-state index is 4.25. The van der Waals surface area contributed by atoms with Gasteiger partial charge in [0, 0.05) is 14.2 Å². The van der Waals surface area contributed by atoms with Crippen LogP contribution in [0.5, 0.6) is 0 Å². The molecule has 1 heteroatoms. The highest BCUT2D eigenvalue weighted by atomic mass is 16.4. The largest absolute Gasteiger partial charge is 0.388 e. The molecule has 0 fully saturated rings. The second-order valence-electron chi connectivity index (χ2n) is 2.96. The van der Waals surface area contributed by atoms with Crippen LogP contribution in [0.4, 0.5) is 0 Å². The van der Waals surface area contributed by atoms with Gasteiger partial charge in [0.05, 0.1) is 0 Å². The Hall–Kier alpha value is -1.08. The summed E-state index contributed by atoms with van der Waals surface area (Å²) in [6, 6.07) is 6.34. The summed E-state index contributed by atoms with van der Waals surface area (Å²) in [4.78, 5) is 0. The van der Waals surface area contributed by atoms with Gasteiger partial charge in [-0.05, 0) is 30.5 Å². The van der Waals surface area contributed by atoms with Crippen LogP contribution in [0.25, 0.3) is 6.08 Å². The normalized spacial score (nSPS) is 8.62. The van der Waals surface area contributed by atoms with E-state index < -0.39 is 0 Å². The van der Waals surface area contributed by atoms with Crippen molar-refractivity contribution in [2.45, 2.75) is 13.8 Å². The fraction of sp³-hybridized carbons (Fsp3) is 0.333. The maximum Gasteiger partial charge on any atom is 0.0351 e. The molecule has 0 saturated heterocycles. The van der Waals surface area contributed by atoms with E-state index in [1.807, 2.05) is 6.08 Å². The summed E-state index contributed by atoms with van der Waals surface area (Å²) in [5.41, 5.74) is 3.87. The van der Waals surface area contributed by atoms with Gasteiger partial charge < -0.3 is 4.74 Å². The van der Waals surface area contributed by atoms with Gasteiger partial charge in [-0.1, -0.05) is 30.9 Å². The number of methoxy groups -OCH3 is 1. The van der Waals surface area contributed by atoms with E-state index in [9.17, 15) is 0 Å². The van der Waals surface area contributed by atoms with Crippen molar-refractivity contribution in [2.24, 2.45) is 0 Å². The number of hydrogen-bond acceptors (Lipinski definition) is 1. The van der Waals surface area contributed by atoms with Crippen molar-refractivity contribution < 1.29 is 4.74 Å². The molecule has 13 heavy (non-hydrogen) atoms. The first-order chi connectivity index (χ1) is 6.15. The number of benzene rings is 1. The summed E-state index contributed by atoms with van der Waals surface area (Å²) in [5.74, 6) is 0. The summed E-state index contributed by atoms with van der Waals surface area (Å²) in [5, 5.41) is 0. The van der Waals surface area contributed by atoms with Gasteiger partial charge in [-0.2, -0.15) is 0 Å². The third kappa shape index (κ3) is 4.48. The fourth-order valence-electron chi connectivity index (χ4n) is 0.892. The molecule has 0 aliphatic heterocycles. The summed E-state index contributed by atoms with van der Waals surface area (Å²) >= 11 is 0. The molecule has 1 aromatic carbocycles. The van der Waals surface area contributed by atoms with Crippen LogP contribution in [-0.2, 0) is 4.74 Å². The Bertz CT molecular complexity index is 264. The lowest BCUT2D eigenvalue weighted by Crippen LogP contribution is -1.80. The molecule has 0 heterocycles. The van der Waals surface area contributed by atoms with E-state index in [1.54, 1.807) is 14.2 Å². The second-order valence-corrected chi connectivity index (χ2v) is 2.96. The van der Waals surface area contributed by atoms with Crippen LogP contribution in [-0.4, -0.2) is 14.2 Å². The molecule has 0 N–H and O–H groups in total. The zero-order chi connectivity index (χ0) is 10.3. The van der Waals surface area contributed by atoms with E-state index in [1.165, 1.54) is 16.7 Å². The van der Waals surface area contributed by atoms with Crippen molar-refractivity contribution in [2.75, 3.05) is 14.2 Å². The Morgan fingerprint density at radius 1 is 1.15 bits per heavy atom. The molecule has 0 aliphatic carbocycles.